The predicted molar refractivity (Wildman–Crippen MR) is 88.9 cm³/mol. The number of anilines is 1. The molecule has 1 rings (SSSR count). The molecule has 0 saturated heterocycles. The molecule has 2 nitrogen and oxygen atoms in total. The summed E-state index contributed by atoms with van der Waals surface area (Å²) in [4.78, 5) is 2.37. The Labute approximate surface area is 126 Å². The summed E-state index contributed by atoms with van der Waals surface area (Å²) in [6, 6.07) is 6.73. The van der Waals surface area contributed by atoms with Gasteiger partial charge in [-0.1, -0.05) is 29.8 Å². The highest BCUT2D eigenvalue weighted by atomic mass is 79.9. The normalized spacial score (nSPS) is 13.4. The third-order valence-corrected chi connectivity index (χ3v) is 4.68. The molecule has 0 radical (unpaired) electrons. The Morgan fingerprint density at radius 3 is 2.47 bits per heavy atom. The quantitative estimate of drug-likeness (QED) is 0.841. The SMILES string of the molecule is CCC(N)Cc1cc(Br)ccc1N(C)C(C)(C)CC. The zero-order chi connectivity index (χ0) is 14.6. The van der Waals surface area contributed by atoms with Gasteiger partial charge in [0.1, 0.15) is 0 Å². The largest absolute Gasteiger partial charge is 0.369 e. The molecule has 0 aliphatic rings. The second-order valence-electron chi connectivity index (χ2n) is 5.87. The Morgan fingerprint density at radius 1 is 1.32 bits per heavy atom. The number of nitrogens with zero attached hydrogens (tertiary/aromatic N) is 1. The molecule has 0 saturated carbocycles. The summed E-state index contributed by atoms with van der Waals surface area (Å²) < 4.78 is 1.12. The minimum atomic E-state index is 0.152. The van der Waals surface area contributed by atoms with E-state index in [0.29, 0.717) is 0 Å². The van der Waals surface area contributed by atoms with Gasteiger partial charge in [-0.3, -0.25) is 0 Å². The number of halogens is 1. The van der Waals surface area contributed by atoms with Crippen LogP contribution in [0.15, 0.2) is 22.7 Å². The van der Waals surface area contributed by atoms with E-state index in [-0.39, 0.29) is 11.6 Å². The molecule has 0 amide bonds. The van der Waals surface area contributed by atoms with E-state index in [1.807, 2.05) is 0 Å². The van der Waals surface area contributed by atoms with Crippen LogP contribution in [0.5, 0.6) is 0 Å². The van der Waals surface area contributed by atoms with Gasteiger partial charge in [0.15, 0.2) is 0 Å². The maximum absolute atomic E-state index is 6.13. The number of hydrogen-bond donors (Lipinski definition) is 1. The molecule has 0 bridgehead atoms. The second-order valence-corrected chi connectivity index (χ2v) is 6.79. The first-order valence-electron chi connectivity index (χ1n) is 7.09. The summed E-state index contributed by atoms with van der Waals surface area (Å²) in [5, 5.41) is 0. The monoisotopic (exact) mass is 326 g/mol. The van der Waals surface area contributed by atoms with E-state index < -0.39 is 0 Å². The van der Waals surface area contributed by atoms with E-state index in [1.54, 1.807) is 0 Å². The summed E-state index contributed by atoms with van der Waals surface area (Å²) in [6.07, 6.45) is 3.04. The van der Waals surface area contributed by atoms with Crippen LogP contribution < -0.4 is 10.6 Å². The molecular weight excluding hydrogens is 300 g/mol. The molecule has 1 atom stereocenters. The molecule has 0 spiro atoms. The van der Waals surface area contributed by atoms with Gasteiger partial charge in [-0.2, -0.15) is 0 Å². The van der Waals surface area contributed by atoms with Crippen LogP contribution in [0, 0.1) is 0 Å². The van der Waals surface area contributed by atoms with Gasteiger partial charge in [0, 0.05) is 28.8 Å². The lowest BCUT2D eigenvalue weighted by atomic mass is 9.96. The Kier molecular flexibility index (Phi) is 5.87. The van der Waals surface area contributed by atoms with Gasteiger partial charge in [0.05, 0.1) is 0 Å². The minimum Gasteiger partial charge on any atom is -0.369 e. The summed E-state index contributed by atoms with van der Waals surface area (Å²) in [7, 11) is 2.17. The first-order chi connectivity index (χ1) is 8.81. The van der Waals surface area contributed by atoms with Crippen molar-refractivity contribution < 1.29 is 0 Å². The average molecular weight is 327 g/mol. The van der Waals surface area contributed by atoms with Crippen molar-refractivity contribution in [2.75, 3.05) is 11.9 Å². The van der Waals surface area contributed by atoms with E-state index in [9.17, 15) is 0 Å². The van der Waals surface area contributed by atoms with Gasteiger partial charge in [-0.25, -0.2) is 0 Å². The van der Waals surface area contributed by atoms with Crippen LogP contribution in [0.1, 0.15) is 46.1 Å². The highest BCUT2D eigenvalue weighted by molar-refractivity contribution is 9.10. The van der Waals surface area contributed by atoms with Crippen LogP contribution >= 0.6 is 15.9 Å². The van der Waals surface area contributed by atoms with E-state index in [4.69, 9.17) is 5.73 Å². The first-order valence-corrected chi connectivity index (χ1v) is 7.89. The van der Waals surface area contributed by atoms with Crippen LogP contribution in [0.25, 0.3) is 0 Å². The molecular formula is C16H27BrN2. The fraction of sp³-hybridized carbons (Fsp3) is 0.625. The van der Waals surface area contributed by atoms with Gasteiger partial charge in [-0.05, 0) is 56.9 Å². The zero-order valence-electron chi connectivity index (χ0n) is 12.8. The Balaban J connectivity index is 3.12. The van der Waals surface area contributed by atoms with Crippen LogP contribution in [0.2, 0.25) is 0 Å². The molecule has 3 heteroatoms. The fourth-order valence-electron chi connectivity index (χ4n) is 2.03. The highest BCUT2D eigenvalue weighted by Crippen LogP contribution is 2.31. The molecule has 108 valence electrons. The van der Waals surface area contributed by atoms with Crippen molar-refractivity contribution in [1.29, 1.82) is 0 Å². The van der Waals surface area contributed by atoms with Crippen molar-refractivity contribution in [2.45, 2.75) is 58.5 Å². The maximum Gasteiger partial charge on any atom is 0.0401 e. The van der Waals surface area contributed by atoms with Crippen LogP contribution in [0.3, 0.4) is 0 Å². The molecule has 0 fully saturated rings. The molecule has 1 unspecified atom stereocenters. The third kappa shape index (κ3) is 4.22. The van der Waals surface area contributed by atoms with E-state index >= 15 is 0 Å². The van der Waals surface area contributed by atoms with Crippen molar-refractivity contribution in [3.8, 4) is 0 Å². The van der Waals surface area contributed by atoms with Crippen LogP contribution in [0.4, 0.5) is 5.69 Å². The van der Waals surface area contributed by atoms with Crippen molar-refractivity contribution in [3.63, 3.8) is 0 Å². The lowest BCUT2D eigenvalue weighted by molar-refractivity contribution is 0.469. The van der Waals surface area contributed by atoms with Crippen molar-refractivity contribution >= 4 is 21.6 Å². The zero-order valence-corrected chi connectivity index (χ0v) is 14.4. The number of nitrogens with two attached hydrogens (primary N) is 1. The van der Waals surface area contributed by atoms with Crippen molar-refractivity contribution in [3.05, 3.63) is 28.2 Å². The van der Waals surface area contributed by atoms with Gasteiger partial charge in [0.25, 0.3) is 0 Å². The molecule has 0 heterocycles. The maximum atomic E-state index is 6.13. The number of rotatable bonds is 6. The second kappa shape index (κ2) is 6.76. The third-order valence-electron chi connectivity index (χ3n) is 4.18. The van der Waals surface area contributed by atoms with Gasteiger partial charge < -0.3 is 10.6 Å². The summed E-state index contributed by atoms with van der Waals surface area (Å²) in [6.45, 7) is 8.92. The van der Waals surface area contributed by atoms with Crippen LogP contribution in [-0.2, 0) is 6.42 Å². The lowest BCUT2D eigenvalue weighted by Crippen LogP contribution is -2.41. The smallest absolute Gasteiger partial charge is 0.0401 e. The Hall–Kier alpha value is -0.540. The minimum absolute atomic E-state index is 0.152. The number of benzene rings is 1. The van der Waals surface area contributed by atoms with Crippen molar-refractivity contribution in [1.82, 2.24) is 0 Å². The van der Waals surface area contributed by atoms with Gasteiger partial charge in [0.2, 0.25) is 0 Å². The summed E-state index contributed by atoms with van der Waals surface area (Å²) in [5.74, 6) is 0. The number of hydrogen-bond acceptors (Lipinski definition) is 2. The van der Waals surface area contributed by atoms with E-state index in [0.717, 1.165) is 23.7 Å². The molecule has 2 N–H and O–H groups in total. The molecule has 0 aromatic heterocycles. The first kappa shape index (κ1) is 16.5. The van der Waals surface area contributed by atoms with Gasteiger partial charge >= 0.3 is 0 Å². The molecule has 1 aromatic rings. The Bertz CT molecular complexity index is 415. The predicted octanol–water partition coefficient (Wildman–Crippen LogP) is 4.35. The fourth-order valence-corrected chi connectivity index (χ4v) is 2.44. The standard InChI is InChI=1S/C16H27BrN2/c1-6-14(18)11-12-10-13(17)8-9-15(12)19(5)16(3,4)7-2/h8-10,14H,6-7,11,18H2,1-5H3. The highest BCUT2D eigenvalue weighted by Gasteiger charge is 2.23. The topological polar surface area (TPSA) is 29.3 Å². The van der Waals surface area contributed by atoms with Crippen molar-refractivity contribution in [2.24, 2.45) is 5.73 Å². The molecule has 0 aliphatic heterocycles. The summed E-state index contributed by atoms with van der Waals surface area (Å²) >= 11 is 3.57. The Morgan fingerprint density at radius 2 is 1.95 bits per heavy atom. The average Bonchev–Trinajstić information content (AvgIpc) is 2.38. The van der Waals surface area contributed by atoms with Crippen LogP contribution in [-0.4, -0.2) is 18.6 Å². The molecule has 0 aliphatic carbocycles. The van der Waals surface area contributed by atoms with E-state index in [1.165, 1.54) is 11.3 Å². The molecule has 1 aromatic carbocycles. The molecule has 19 heavy (non-hydrogen) atoms. The van der Waals surface area contributed by atoms with Gasteiger partial charge in [-0.15, -0.1) is 0 Å². The summed E-state index contributed by atoms with van der Waals surface area (Å²) in [5.41, 5.74) is 8.90. The lowest BCUT2D eigenvalue weighted by Gasteiger charge is -2.38. The van der Waals surface area contributed by atoms with E-state index in [2.05, 4.69) is 73.8 Å².